The van der Waals surface area contributed by atoms with Crippen LogP contribution >= 0.6 is 11.3 Å². The molecule has 2 aromatic heterocycles. The third kappa shape index (κ3) is 4.33. The number of hydrogen-bond donors (Lipinski definition) is 0. The van der Waals surface area contributed by atoms with Crippen LogP contribution in [0.1, 0.15) is 33.2 Å². The lowest BCUT2D eigenvalue weighted by Gasteiger charge is -2.51. The zero-order valence-corrected chi connectivity index (χ0v) is 25.4. The number of carbonyl (C=O) groups excluding carboxylic acids is 1. The first-order valence-electron chi connectivity index (χ1n) is 14.8. The highest BCUT2D eigenvalue weighted by atomic mass is 32.1. The lowest BCUT2D eigenvalue weighted by atomic mass is 9.92. The van der Waals surface area contributed by atoms with Crippen molar-refractivity contribution in [2.24, 2.45) is 0 Å². The number of thiophene rings is 1. The number of carbonyl (C=O) groups is 1. The van der Waals surface area contributed by atoms with Crippen LogP contribution in [0.25, 0.3) is 21.6 Å². The van der Waals surface area contributed by atoms with Crippen LogP contribution in [-0.2, 0) is 11.3 Å². The van der Waals surface area contributed by atoms with Crippen LogP contribution in [0.15, 0.2) is 89.9 Å². The molecule has 0 N–H and O–H groups in total. The molecule has 11 heteroatoms. The first-order chi connectivity index (χ1) is 22.5. The third-order valence-corrected chi connectivity index (χ3v) is 9.88. The number of hydrogen-bond acceptors (Lipinski definition) is 7. The predicted molar refractivity (Wildman–Crippen MR) is 169 cm³/mol. The van der Waals surface area contributed by atoms with E-state index in [9.17, 15) is 9.59 Å². The molecule has 5 aromatic rings. The predicted octanol–water partition coefficient (Wildman–Crippen LogP) is 5.96. The minimum absolute atomic E-state index is 0.0592. The van der Waals surface area contributed by atoms with E-state index < -0.39 is 29.3 Å². The van der Waals surface area contributed by atoms with E-state index in [4.69, 9.17) is 14.2 Å². The summed E-state index contributed by atoms with van der Waals surface area (Å²) in [6.07, 6.45) is 0.908. The second-order valence-electron chi connectivity index (χ2n) is 11.2. The average Bonchev–Trinajstić information content (AvgIpc) is 3.47. The molecule has 0 saturated carbocycles. The van der Waals surface area contributed by atoms with Gasteiger partial charge < -0.3 is 19.1 Å². The highest BCUT2D eigenvalue weighted by Crippen LogP contribution is 2.53. The van der Waals surface area contributed by atoms with Gasteiger partial charge in [-0.1, -0.05) is 72.0 Å². The van der Waals surface area contributed by atoms with Crippen LogP contribution in [0, 0.1) is 11.6 Å². The molecule has 1 fully saturated rings. The van der Waals surface area contributed by atoms with Gasteiger partial charge in [0.05, 0.1) is 26.4 Å². The Kier molecular flexibility index (Phi) is 6.88. The average molecular weight is 640 g/mol. The molecule has 1 amide bonds. The SMILES string of the molecule is COc1cc2c(s1)-c1ccccc1C(N1[C@@H]3COCCN3C(=O)c3c(OCc4ccccc4)c(=O)ccn31)c1ccc(F)c(F)c1-2. The van der Waals surface area contributed by atoms with Crippen LogP contribution in [0.4, 0.5) is 8.78 Å². The maximum absolute atomic E-state index is 16.1. The smallest absolute Gasteiger partial charge is 0.278 e. The number of rotatable bonds is 5. The lowest BCUT2D eigenvalue weighted by molar-refractivity contribution is -0.0197. The number of nitrogens with zero attached hydrogens (tertiary/aromatic N) is 3. The first kappa shape index (κ1) is 28.5. The molecule has 4 heterocycles. The van der Waals surface area contributed by atoms with Crippen LogP contribution in [0.5, 0.6) is 10.8 Å². The Morgan fingerprint density at radius 1 is 0.957 bits per heavy atom. The van der Waals surface area contributed by atoms with E-state index in [2.05, 4.69) is 0 Å². The number of methoxy groups -OCH3 is 1. The number of halogens is 2. The fraction of sp³-hybridized carbons (Fsp3) is 0.200. The molecule has 2 aliphatic heterocycles. The van der Waals surface area contributed by atoms with Crippen molar-refractivity contribution in [1.82, 2.24) is 9.58 Å². The molecular weight excluding hydrogens is 612 g/mol. The van der Waals surface area contributed by atoms with Crippen molar-refractivity contribution in [3.8, 4) is 32.4 Å². The van der Waals surface area contributed by atoms with Gasteiger partial charge in [-0.25, -0.2) is 8.78 Å². The fourth-order valence-electron chi connectivity index (χ4n) is 6.71. The van der Waals surface area contributed by atoms with E-state index in [1.807, 2.05) is 59.6 Å². The van der Waals surface area contributed by atoms with Crippen LogP contribution < -0.4 is 19.9 Å². The van der Waals surface area contributed by atoms with Gasteiger partial charge in [0.2, 0.25) is 5.43 Å². The molecule has 3 aliphatic rings. The topological polar surface area (TPSA) is 73.2 Å². The van der Waals surface area contributed by atoms with Gasteiger partial charge in [0.15, 0.2) is 28.1 Å². The molecule has 1 aliphatic carbocycles. The van der Waals surface area contributed by atoms with Crippen LogP contribution in [-0.4, -0.2) is 48.5 Å². The van der Waals surface area contributed by atoms with E-state index in [1.54, 1.807) is 35.0 Å². The largest absolute Gasteiger partial charge is 0.487 e. The number of fused-ring (bicyclic) bond motifs is 7. The summed E-state index contributed by atoms with van der Waals surface area (Å²) in [6.45, 7) is 0.812. The van der Waals surface area contributed by atoms with E-state index in [0.29, 0.717) is 22.8 Å². The van der Waals surface area contributed by atoms with Gasteiger partial charge in [0.1, 0.15) is 12.8 Å². The van der Waals surface area contributed by atoms with E-state index in [0.717, 1.165) is 27.6 Å². The lowest BCUT2D eigenvalue weighted by Crippen LogP contribution is -2.66. The van der Waals surface area contributed by atoms with Gasteiger partial charge in [0.25, 0.3) is 5.91 Å². The minimum atomic E-state index is -0.978. The molecule has 46 heavy (non-hydrogen) atoms. The highest BCUT2D eigenvalue weighted by Gasteiger charge is 2.47. The van der Waals surface area contributed by atoms with Crippen molar-refractivity contribution in [1.29, 1.82) is 0 Å². The van der Waals surface area contributed by atoms with Gasteiger partial charge in [-0.05, 0) is 28.3 Å². The standard InChI is InChI=1S/C35H27F2N3O5S/c1-43-28-17-24-29-23(11-12-25(36)30(29)37)31(21-9-5-6-10-22(21)34(24)46-28)40-27-19-44-16-15-38(27)35(42)32-33(26(41)13-14-39(32)40)45-18-20-7-3-2-4-8-20/h2-14,17,27,31H,15-16,18-19H2,1H3/t27-,31?/m1/s1. The van der Waals surface area contributed by atoms with Gasteiger partial charge in [-0.2, -0.15) is 0 Å². The van der Waals surface area contributed by atoms with E-state index in [1.165, 1.54) is 17.4 Å². The summed E-state index contributed by atoms with van der Waals surface area (Å²) in [5.41, 5.74) is 3.18. The number of amides is 1. The Balaban J connectivity index is 1.39. The van der Waals surface area contributed by atoms with Gasteiger partial charge >= 0.3 is 0 Å². The number of ether oxygens (including phenoxy) is 3. The summed E-state index contributed by atoms with van der Waals surface area (Å²) in [4.78, 5) is 30.0. The van der Waals surface area contributed by atoms with Crippen molar-refractivity contribution in [2.45, 2.75) is 18.8 Å². The van der Waals surface area contributed by atoms with E-state index in [-0.39, 0.29) is 42.7 Å². The van der Waals surface area contributed by atoms with Crippen molar-refractivity contribution >= 4 is 17.2 Å². The molecule has 0 spiro atoms. The summed E-state index contributed by atoms with van der Waals surface area (Å²) in [5, 5.41) is 2.49. The summed E-state index contributed by atoms with van der Waals surface area (Å²) in [5.74, 6) is -2.41. The second-order valence-corrected chi connectivity index (χ2v) is 12.3. The fourth-order valence-corrected chi connectivity index (χ4v) is 7.73. The van der Waals surface area contributed by atoms with Crippen LogP contribution in [0.2, 0.25) is 0 Å². The van der Waals surface area contributed by atoms with Gasteiger partial charge in [-0.3, -0.25) is 19.3 Å². The zero-order valence-electron chi connectivity index (χ0n) is 24.6. The molecule has 0 radical (unpaired) electrons. The van der Waals surface area contributed by atoms with Crippen molar-refractivity contribution in [3.05, 3.63) is 129 Å². The second kappa shape index (κ2) is 11.1. The number of aromatic nitrogens is 1. The molecule has 8 rings (SSSR count). The molecule has 0 bridgehead atoms. The Morgan fingerprint density at radius 2 is 1.76 bits per heavy atom. The Hall–Kier alpha value is -5.00. The summed E-state index contributed by atoms with van der Waals surface area (Å²) < 4.78 is 50.4. The Labute approximate surface area is 266 Å². The molecule has 2 atom stereocenters. The Bertz CT molecular complexity index is 2060. The van der Waals surface area contributed by atoms with E-state index >= 15 is 8.78 Å². The van der Waals surface area contributed by atoms with Crippen molar-refractivity contribution in [3.63, 3.8) is 0 Å². The summed E-state index contributed by atoms with van der Waals surface area (Å²) >= 11 is 1.35. The van der Waals surface area contributed by atoms with Crippen molar-refractivity contribution in [2.75, 3.05) is 31.9 Å². The zero-order chi connectivity index (χ0) is 31.5. The monoisotopic (exact) mass is 639 g/mol. The van der Waals surface area contributed by atoms with Crippen molar-refractivity contribution < 1.29 is 27.8 Å². The molecule has 8 nitrogen and oxygen atoms in total. The minimum Gasteiger partial charge on any atom is -0.487 e. The van der Waals surface area contributed by atoms with Gasteiger partial charge in [-0.15, -0.1) is 0 Å². The van der Waals surface area contributed by atoms with Gasteiger partial charge in [0, 0.05) is 40.9 Å². The number of benzene rings is 3. The summed E-state index contributed by atoms with van der Waals surface area (Å²) in [6, 6.07) is 22.1. The third-order valence-electron chi connectivity index (χ3n) is 8.75. The maximum Gasteiger partial charge on any atom is 0.278 e. The van der Waals surface area contributed by atoms with Crippen LogP contribution in [0.3, 0.4) is 0 Å². The first-order valence-corrected chi connectivity index (χ1v) is 15.6. The molecule has 3 aromatic carbocycles. The Morgan fingerprint density at radius 3 is 2.59 bits per heavy atom. The molecule has 1 unspecified atom stereocenters. The highest BCUT2D eigenvalue weighted by molar-refractivity contribution is 7.18. The molecule has 232 valence electrons. The molecular formula is C35H27F2N3O5S. The molecule has 1 saturated heterocycles. The number of morpholine rings is 1. The maximum atomic E-state index is 16.1. The normalized spacial score (nSPS) is 18.1. The number of pyridine rings is 1. The summed E-state index contributed by atoms with van der Waals surface area (Å²) in [7, 11) is 1.54. The quantitative estimate of drug-likeness (QED) is 0.236.